The zero-order valence-corrected chi connectivity index (χ0v) is 12.5. The number of hydrogen-bond acceptors (Lipinski definition) is 2. The van der Waals surface area contributed by atoms with Crippen molar-refractivity contribution in [1.29, 1.82) is 0 Å². The Morgan fingerprint density at radius 2 is 1.91 bits per heavy atom. The minimum Gasteiger partial charge on any atom is -0.472 e. The smallest absolute Gasteiger partial charge is 0.0981 e. The molecular weight excluding hydrogens is 270 g/mol. The van der Waals surface area contributed by atoms with Gasteiger partial charge in [0.15, 0.2) is 0 Å². The van der Waals surface area contributed by atoms with Gasteiger partial charge in [0, 0.05) is 23.4 Å². The van der Waals surface area contributed by atoms with Gasteiger partial charge in [-0.2, -0.15) is 0 Å². The summed E-state index contributed by atoms with van der Waals surface area (Å²) >= 11 is 0. The lowest BCUT2D eigenvalue weighted by Gasteiger charge is -2.22. The lowest BCUT2D eigenvalue weighted by molar-refractivity contribution is 0.568. The van der Waals surface area contributed by atoms with Crippen molar-refractivity contribution in [2.75, 3.05) is 11.9 Å². The molecule has 3 aromatic rings. The summed E-state index contributed by atoms with van der Waals surface area (Å²) in [7, 11) is 0. The molecule has 0 amide bonds. The molecule has 0 saturated heterocycles. The van der Waals surface area contributed by atoms with E-state index in [4.69, 9.17) is 4.42 Å². The lowest BCUT2D eigenvalue weighted by Crippen LogP contribution is -2.13. The first kappa shape index (κ1) is 13.2. The van der Waals surface area contributed by atoms with Crippen LogP contribution < -0.4 is 5.32 Å². The third-order valence-corrected chi connectivity index (χ3v) is 4.29. The van der Waals surface area contributed by atoms with Crippen LogP contribution in [0.25, 0.3) is 11.1 Å². The molecule has 0 unspecified atom stereocenters. The Morgan fingerprint density at radius 1 is 1.00 bits per heavy atom. The lowest BCUT2D eigenvalue weighted by atomic mass is 9.91. The average Bonchev–Trinajstić information content (AvgIpc) is 3.09. The first-order valence-electron chi connectivity index (χ1n) is 7.86. The van der Waals surface area contributed by atoms with Crippen LogP contribution in [0.15, 0.2) is 65.5 Å². The zero-order chi connectivity index (χ0) is 14.8. The zero-order valence-electron chi connectivity index (χ0n) is 12.5. The van der Waals surface area contributed by atoms with E-state index >= 15 is 0 Å². The van der Waals surface area contributed by atoms with E-state index in [0.29, 0.717) is 0 Å². The van der Waals surface area contributed by atoms with E-state index in [1.54, 1.807) is 6.26 Å². The summed E-state index contributed by atoms with van der Waals surface area (Å²) in [6, 6.07) is 17.4. The highest BCUT2D eigenvalue weighted by Crippen LogP contribution is 2.36. The van der Waals surface area contributed by atoms with Crippen molar-refractivity contribution in [2.24, 2.45) is 0 Å². The van der Waals surface area contributed by atoms with E-state index in [2.05, 4.69) is 47.8 Å². The first-order chi connectivity index (χ1) is 10.9. The Labute approximate surface area is 130 Å². The maximum absolute atomic E-state index is 5.29. The Balaban J connectivity index is 1.78. The van der Waals surface area contributed by atoms with Gasteiger partial charge in [0.1, 0.15) is 0 Å². The second kappa shape index (κ2) is 5.72. The SMILES string of the molecule is c1ccc(Cc2cc3c(c(-c4ccoc4)c2)NCCC3)cc1. The quantitative estimate of drug-likeness (QED) is 0.742. The van der Waals surface area contributed by atoms with E-state index in [1.807, 2.05) is 12.3 Å². The van der Waals surface area contributed by atoms with Crippen LogP contribution in [0.4, 0.5) is 5.69 Å². The molecular formula is C20H19NO. The number of hydrogen-bond donors (Lipinski definition) is 1. The highest BCUT2D eigenvalue weighted by molar-refractivity contribution is 5.81. The van der Waals surface area contributed by atoms with E-state index in [9.17, 15) is 0 Å². The molecule has 0 bridgehead atoms. The Morgan fingerprint density at radius 3 is 2.73 bits per heavy atom. The van der Waals surface area contributed by atoms with E-state index in [-0.39, 0.29) is 0 Å². The molecule has 0 aliphatic carbocycles. The molecule has 0 atom stereocenters. The summed E-state index contributed by atoms with van der Waals surface area (Å²) in [6.07, 6.45) is 6.90. The van der Waals surface area contributed by atoms with Gasteiger partial charge in [0.05, 0.1) is 12.5 Å². The first-order valence-corrected chi connectivity index (χ1v) is 7.86. The van der Waals surface area contributed by atoms with E-state index in [1.165, 1.54) is 34.4 Å². The number of nitrogens with one attached hydrogen (secondary N) is 1. The summed E-state index contributed by atoms with van der Waals surface area (Å²) in [5.74, 6) is 0. The predicted molar refractivity (Wildman–Crippen MR) is 90.2 cm³/mol. The average molecular weight is 289 g/mol. The van der Waals surface area contributed by atoms with Gasteiger partial charge >= 0.3 is 0 Å². The molecule has 0 spiro atoms. The van der Waals surface area contributed by atoms with Crippen molar-refractivity contribution in [3.05, 3.63) is 77.7 Å². The van der Waals surface area contributed by atoms with Crippen LogP contribution in [-0.2, 0) is 12.8 Å². The van der Waals surface area contributed by atoms with Gasteiger partial charge in [-0.15, -0.1) is 0 Å². The van der Waals surface area contributed by atoms with Gasteiger partial charge in [-0.1, -0.05) is 36.4 Å². The second-order valence-electron chi connectivity index (χ2n) is 5.88. The summed E-state index contributed by atoms with van der Waals surface area (Å²) in [4.78, 5) is 0. The molecule has 4 rings (SSSR count). The number of anilines is 1. The van der Waals surface area contributed by atoms with Crippen LogP contribution in [0.2, 0.25) is 0 Å². The fraction of sp³-hybridized carbons (Fsp3) is 0.200. The molecule has 0 saturated carbocycles. The molecule has 1 N–H and O–H groups in total. The van der Waals surface area contributed by atoms with Crippen LogP contribution in [0.3, 0.4) is 0 Å². The highest BCUT2D eigenvalue weighted by Gasteiger charge is 2.16. The second-order valence-corrected chi connectivity index (χ2v) is 5.88. The molecule has 110 valence electrons. The van der Waals surface area contributed by atoms with Gasteiger partial charge in [-0.3, -0.25) is 0 Å². The molecule has 2 heterocycles. The standard InChI is InChI=1S/C20H19NO/c1-2-5-15(6-3-1)11-16-12-17-7-4-9-21-20(17)19(13-16)18-8-10-22-14-18/h1-3,5-6,8,10,12-14,21H,4,7,9,11H2. The summed E-state index contributed by atoms with van der Waals surface area (Å²) < 4.78 is 5.29. The van der Waals surface area contributed by atoms with Crippen molar-refractivity contribution in [2.45, 2.75) is 19.3 Å². The van der Waals surface area contributed by atoms with Gasteiger partial charge in [0.25, 0.3) is 0 Å². The fourth-order valence-corrected chi connectivity index (χ4v) is 3.25. The molecule has 2 nitrogen and oxygen atoms in total. The van der Waals surface area contributed by atoms with Crippen molar-refractivity contribution in [3.63, 3.8) is 0 Å². The van der Waals surface area contributed by atoms with Crippen molar-refractivity contribution >= 4 is 5.69 Å². The summed E-state index contributed by atoms with van der Waals surface area (Å²) in [5.41, 5.74) is 7.84. The van der Waals surface area contributed by atoms with Gasteiger partial charge in [-0.05, 0) is 48.1 Å². The van der Waals surface area contributed by atoms with E-state index in [0.717, 1.165) is 24.9 Å². The molecule has 2 aromatic carbocycles. The largest absolute Gasteiger partial charge is 0.472 e. The van der Waals surface area contributed by atoms with Crippen molar-refractivity contribution in [1.82, 2.24) is 0 Å². The van der Waals surface area contributed by atoms with Crippen LogP contribution in [0.1, 0.15) is 23.1 Å². The Hall–Kier alpha value is -2.48. The molecule has 0 radical (unpaired) electrons. The Bertz CT molecular complexity index is 760. The van der Waals surface area contributed by atoms with Crippen LogP contribution in [0, 0.1) is 0 Å². The van der Waals surface area contributed by atoms with Gasteiger partial charge in [-0.25, -0.2) is 0 Å². The minimum atomic E-state index is 0.971. The number of furan rings is 1. The van der Waals surface area contributed by atoms with Crippen LogP contribution >= 0.6 is 0 Å². The summed E-state index contributed by atoms with van der Waals surface area (Å²) in [5, 5.41) is 3.57. The van der Waals surface area contributed by atoms with Crippen molar-refractivity contribution < 1.29 is 4.42 Å². The summed E-state index contributed by atoms with van der Waals surface area (Å²) in [6.45, 7) is 1.05. The maximum Gasteiger partial charge on any atom is 0.0981 e. The minimum absolute atomic E-state index is 0.971. The van der Waals surface area contributed by atoms with Gasteiger partial charge in [0.2, 0.25) is 0 Å². The van der Waals surface area contributed by atoms with Crippen LogP contribution in [0.5, 0.6) is 0 Å². The Kier molecular flexibility index (Phi) is 3.43. The molecule has 1 aromatic heterocycles. The van der Waals surface area contributed by atoms with Crippen LogP contribution in [-0.4, -0.2) is 6.54 Å². The third kappa shape index (κ3) is 2.52. The van der Waals surface area contributed by atoms with E-state index < -0.39 is 0 Å². The molecule has 2 heteroatoms. The van der Waals surface area contributed by atoms with Gasteiger partial charge < -0.3 is 9.73 Å². The molecule has 1 aliphatic rings. The monoisotopic (exact) mass is 289 g/mol. The number of rotatable bonds is 3. The normalized spacial score (nSPS) is 13.5. The number of benzene rings is 2. The van der Waals surface area contributed by atoms with Crippen molar-refractivity contribution in [3.8, 4) is 11.1 Å². The fourth-order valence-electron chi connectivity index (χ4n) is 3.25. The highest BCUT2D eigenvalue weighted by atomic mass is 16.3. The number of aryl methyl sites for hydroxylation is 1. The predicted octanol–water partition coefficient (Wildman–Crippen LogP) is 4.90. The maximum atomic E-state index is 5.29. The molecule has 0 fully saturated rings. The molecule has 1 aliphatic heterocycles. The third-order valence-electron chi connectivity index (χ3n) is 4.29. The molecule has 22 heavy (non-hydrogen) atoms. The topological polar surface area (TPSA) is 25.2 Å². The number of fused-ring (bicyclic) bond motifs is 1.